The number of sulfonamides is 1. The van der Waals surface area contributed by atoms with Gasteiger partial charge in [0.25, 0.3) is 5.91 Å². The Morgan fingerprint density at radius 3 is 2.36 bits per heavy atom. The number of nitrogens with zero attached hydrogens (tertiary/aromatic N) is 1. The number of rotatable bonds is 6. The Bertz CT molecular complexity index is 964. The first-order valence-corrected chi connectivity index (χ1v) is 10.6. The summed E-state index contributed by atoms with van der Waals surface area (Å²) in [6.45, 7) is 4.87. The molecule has 6 nitrogen and oxygen atoms in total. The lowest BCUT2D eigenvalue weighted by Gasteiger charge is -2.25. The lowest BCUT2D eigenvalue weighted by molar-refractivity contribution is -0.113. The number of aryl methyl sites for hydroxylation is 1. The number of carbonyl (C=O) groups is 1. The zero-order valence-electron chi connectivity index (χ0n) is 16.0. The van der Waals surface area contributed by atoms with Gasteiger partial charge in [0.05, 0.1) is 11.5 Å². The van der Waals surface area contributed by atoms with Crippen molar-refractivity contribution >= 4 is 21.6 Å². The van der Waals surface area contributed by atoms with E-state index in [9.17, 15) is 13.2 Å². The van der Waals surface area contributed by atoms with E-state index in [1.165, 1.54) is 4.31 Å². The standard InChI is InChI=1S/C21H24N2O4S/c1-3-27-19-8-6-18(7-9-19)22-21(24)17-12-14-23(15-13-17)28(25,26)20-10-4-16(2)5-11-20/h4-12H,3,13-15H2,1-2H3,(H,22,24). The molecule has 0 atom stereocenters. The van der Waals surface area contributed by atoms with Crippen LogP contribution in [0.15, 0.2) is 65.1 Å². The number of carbonyl (C=O) groups excluding carboxylic acids is 1. The van der Waals surface area contributed by atoms with E-state index < -0.39 is 10.0 Å². The van der Waals surface area contributed by atoms with Crippen LogP contribution in [0.5, 0.6) is 5.75 Å². The van der Waals surface area contributed by atoms with Gasteiger partial charge < -0.3 is 10.1 Å². The van der Waals surface area contributed by atoms with Gasteiger partial charge in [-0.05, 0) is 56.7 Å². The van der Waals surface area contributed by atoms with Gasteiger partial charge in [-0.15, -0.1) is 0 Å². The van der Waals surface area contributed by atoms with E-state index in [1.54, 1.807) is 54.6 Å². The van der Waals surface area contributed by atoms with Crippen LogP contribution in [0, 0.1) is 6.92 Å². The Morgan fingerprint density at radius 1 is 1.11 bits per heavy atom. The second-order valence-corrected chi connectivity index (χ2v) is 8.50. The summed E-state index contributed by atoms with van der Waals surface area (Å²) in [5, 5.41) is 2.84. The van der Waals surface area contributed by atoms with Crippen molar-refractivity contribution in [3.63, 3.8) is 0 Å². The fourth-order valence-corrected chi connectivity index (χ4v) is 4.33. The summed E-state index contributed by atoms with van der Waals surface area (Å²) in [7, 11) is -3.55. The molecule has 0 aromatic heterocycles. The number of amides is 1. The summed E-state index contributed by atoms with van der Waals surface area (Å²) in [5.74, 6) is 0.533. The van der Waals surface area contributed by atoms with Crippen molar-refractivity contribution in [3.8, 4) is 5.75 Å². The van der Waals surface area contributed by atoms with Gasteiger partial charge in [-0.25, -0.2) is 8.42 Å². The van der Waals surface area contributed by atoms with Crippen LogP contribution in [0.3, 0.4) is 0 Å². The van der Waals surface area contributed by atoms with Crippen LogP contribution in [0.25, 0.3) is 0 Å². The molecule has 0 saturated heterocycles. The van der Waals surface area contributed by atoms with Crippen LogP contribution in [-0.4, -0.2) is 38.3 Å². The molecule has 1 aliphatic heterocycles. The minimum absolute atomic E-state index is 0.183. The summed E-state index contributed by atoms with van der Waals surface area (Å²) < 4.78 is 32.2. The first-order valence-electron chi connectivity index (χ1n) is 9.20. The normalized spacial score (nSPS) is 15.0. The van der Waals surface area contributed by atoms with Gasteiger partial charge in [0, 0.05) is 24.4 Å². The van der Waals surface area contributed by atoms with Crippen LogP contribution >= 0.6 is 0 Å². The molecule has 1 amide bonds. The number of hydrogen-bond donors (Lipinski definition) is 1. The van der Waals surface area contributed by atoms with Gasteiger partial charge in [0.1, 0.15) is 5.75 Å². The first kappa shape index (κ1) is 20.1. The highest BCUT2D eigenvalue weighted by Gasteiger charge is 2.27. The van der Waals surface area contributed by atoms with Crippen molar-refractivity contribution in [2.75, 3.05) is 25.0 Å². The fourth-order valence-electron chi connectivity index (χ4n) is 2.95. The van der Waals surface area contributed by atoms with Crippen molar-refractivity contribution in [3.05, 3.63) is 65.7 Å². The highest BCUT2D eigenvalue weighted by molar-refractivity contribution is 7.89. The van der Waals surface area contributed by atoms with Crippen molar-refractivity contribution in [1.29, 1.82) is 0 Å². The van der Waals surface area contributed by atoms with Crippen LogP contribution in [0.2, 0.25) is 0 Å². The van der Waals surface area contributed by atoms with E-state index in [1.807, 2.05) is 13.8 Å². The maximum absolute atomic E-state index is 12.7. The van der Waals surface area contributed by atoms with Crippen LogP contribution in [-0.2, 0) is 14.8 Å². The fraction of sp³-hybridized carbons (Fsp3) is 0.286. The molecule has 148 valence electrons. The number of anilines is 1. The largest absolute Gasteiger partial charge is 0.494 e. The molecule has 1 heterocycles. The molecule has 7 heteroatoms. The Hall–Kier alpha value is -2.64. The van der Waals surface area contributed by atoms with Gasteiger partial charge in [-0.2, -0.15) is 4.31 Å². The molecule has 1 N–H and O–H groups in total. The van der Waals surface area contributed by atoms with Crippen molar-refractivity contribution < 1.29 is 17.9 Å². The van der Waals surface area contributed by atoms with E-state index in [2.05, 4.69) is 5.32 Å². The molecule has 0 radical (unpaired) electrons. The zero-order valence-corrected chi connectivity index (χ0v) is 16.8. The number of ether oxygens (including phenoxy) is 1. The van der Waals surface area contributed by atoms with E-state index in [4.69, 9.17) is 4.74 Å². The van der Waals surface area contributed by atoms with Gasteiger partial charge in [0.2, 0.25) is 10.0 Å². The topological polar surface area (TPSA) is 75.7 Å². The molecule has 0 bridgehead atoms. The predicted molar refractivity (Wildman–Crippen MR) is 109 cm³/mol. The summed E-state index contributed by atoms with van der Waals surface area (Å²) in [6.07, 6.45) is 2.05. The summed E-state index contributed by atoms with van der Waals surface area (Å²) >= 11 is 0. The Labute approximate surface area is 165 Å². The molecule has 2 aromatic rings. The van der Waals surface area contributed by atoms with E-state index in [0.717, 1.165) is 11.3 Å². The van der Waals surface area contributed by atoms with E-state index >= 15 is 0 Å². The molecule has 28 heavy (non-hydrogen) atoms. The molecular formula is C21H24N2O4S. The third-order valence-corrected chi connectivity index (χ3v) is 6.42. The lowest BCUT2D eigenvalue weighted by atomic mass is 10.1. The van der Waals surface area contributed by atoms with Crippen LogP contribution < -0.4 is 10.1 Å². The maximum atomic E-state index is 12.7. The first-order chi connectivity index (χ1) is 13.4. The highest BCUT2D eigenvalue weighted by atomic mass is 32.2. The third-order valence-electron chi connectivity index (χ3n) is 4.55. The van der Waals surface area contributed by atoms with E-state index in [0.29, 0.717) is 24.3 Å². The van der Waals surface area contributed by atoms with Gasteiger partial charge >= 0.3 is 0 Å². The Kier molecular flexibility index (Phi) is 6.16. The van der Waals surface area contributed by atoms with Gasteiger partial charge in [-0.1, -0.05) is 23.8 Å². The molecule has 0 saturated carbocycles. The van der Waals surface area contributed by atoms with Crippen LogP contribution in [0.1, 0.15) is 18.9 Å². The van der Waals surface area contributed by atoms with Crippen molar-refractivity contribution in [2.24, 2.45) is 0 Å². The van der Waals surface area contributed by atoms with Crippen molar-refractivity contribution in [1.82, 2.24) is 4.31 Å². The predicted octanol–water partition coefficient (Wildman–Crippen LogP) is 3.35. The van der Waals surface area contributed by atoms with E-state index in [-0.39, 0.29) is 23.9 Å². The summed E-state index contributed by atoms with van der Waals surface area (Å²) in [4.78, 5) is 12.7. The number of hydrogen-bond acceptors (Lipinski definition) is 4. The Morgan fingerprint density at radius 2 is 1.79 bits per heavy atom. The molecule has 0 fully saturated rings. The maximum Gasteiger partial charge on any atom is 0.251 e. The van der Waals surface area contributed by atoms with Crippen molar-refractivity contribution in [2.45, 2.75) is 25.2 Å². The zero-order chi connectivity index (χ0) is 20.1. The molecular weight excluding hydrogens is 376 g/mol. The van der Waals surface area contributed by atoms with Crippen LogP contribution in [0.4, 0.5) is 5.69 Å². The molecule has 2 aromatic carbocycles. The minimum Gasteiger partial charge on any atom is -0.494 e. The second-order valence-electron chi connectivity index (χ2n) is 6.57. The average molecular weight is 401 g/mol. The minimum atomic E-state index is -3.55. The molecule has 3 rings (SSSR count). The lowest BCUT2D eigenvalue weighted by Crippen LogP contribution is -2.36. The third kappa shape index (κ3) is 4.61. The Balaban J connectivity index is 1.64. The van der Waals surface area contributed by atoms with Gasteiger partial charge in [-0.3, -0.25) is 4.79 Å². The molecule has 0 aliphatic carbocycles. The quantitative estimate of drug-likeness (QED) is 0.807. The summed E-state index contributed by atoms with van der Waals surface area (Å²) in [5.41, 5.74) is 2.26. The molecule has 0 unspecified atom stereocenters. The van der Waals surface area contributed by atoms with Gasteiger partial charge in [0.15, 0.2) is 0 Å². The second kappa shape index (κ2) is 8.58. The molecule has 1 aliphatic rings. The number of nitrogens with one attached hydrogen (secondary N) is 1. The smallest absolute Gasteiger partial charge is 0.251 e. The SMILES string of the molecule is CCOc1ccc(NC(=O)C2=CCN(S(=O)(=O)c3ccc(C)cc3)CC2)cc1. The average Bonchev–Trinajstić information content (AvgIpc) is 2.70. The monoisotopic (exact) mass is 400 g/mol. The molecule has 0 spiro atoms. The number of benzene rings is 2. The summed E-state index contributed by atoms with van der Waals surface area (Å²) in [6, 6.07) is 13.9. The highest BCUT2D eigenvalue weighted by Crippen LogP contribution is 2.22.